The van der Waals surface area contributed by atoms with Crippen molar-refractivity contribution < 1.29 is 14.5 Å². The first-order valence-electron chi connectivity index (χ1n) is 6.84. The summed E-state index contributed by atoms with van der Waals surface area (Å²) >= 11 is 0. The zero-order valence-electron chi connectivity index (χ0n) is 12.0. The van der Waals surface area contributed by atoms with Crippen molar-refractivity contribution in [1.29, 1.82) is 0 Å². The molecule has 0 aliphatic carbocycles. The molecule has 0 atom stereocenters. The van der Waals surface area contributed by atoms with E-state index in [-0.39, 0.29) is 17.2 Å². The predicted octanol–water partition coefficient (Wildman–Crippen LogP) is 2.81. The first kappa shape index (κ1) is 14.1. The van der Waals surface area contributed by atoms with Gasteiger partial charge >= 0.3 is 0 Å². The summed E-state index contributed by atoms with van der Waals surface area (Å²) < 4.78 is 5.18. The maximum atomic E-state index is 12.8. The normalized spacial score (nSPS) is 12.9. The fraction of sp³-hybridized carbons (Fsp3) is 0.188. The molecular formula is C16H14N2O4. The summed E-state index contributed by atoms with van der Waals surface area (Å²) in [6, 6.07) is 11.7. The number of hydrogen-bond acceptors (Lipinski definition) is 4. The van der Waals surface area contributed by atoms with Gasteiger partial charge in [0.25, 0.3) is 11.6 Å². The molecule has 0 spiro atoms. The van der Waals surface area contributed by atoms with Gasteiger partial charge in [-0.05, 0) is 24.1 Å². The average molecular weight is 298 g/mol. The number of nitrogens with zero attached hydrogens (tertiary/aromatic N) is 2. The minimum atomic E-state index is -0.520. The van der Waals surface area contributed by atoms with Crippen molar-refractivity contribution in [2.24, 2.45) is 0 Å². The second kappa shape index (κ2) is 5.48. The Bertz CT molecular complexity index is 758. The zero-order valence-corrected chi connectivity index (χ0v) is 12.0. The van der Waals surface area contributed by atoms with E-state index in [2.05, 4.69) is 0 Å². The predicted molar refractivity (Wildman–Crippen MR) is 81.5 cm³/mol. The van der Waals surface area contributed by atoms with Gasteiger partial charge in [-0.25, -0.2) is 0 Å². The molecule has 1 amide bonds. The lowest BCUT2D eigenvalue weighted by Crippen LogP contribution is -2.29. The monoisotopic (exact) mass is 298 g/mol. The number of anilines is 1. The van der Waals surface area contributed by atoms with Crippen LogP contribution in [0.2, 0.25) is 0 Å². The molecule has 2 aromatic rings. The van der Waals surface area contributed by atoms with Crippen LogP contribution in [0.4, 0.5) is 11.4 Å². The number of nitro benzene ring substituents is 1. The van der Waals surface area contributed by atoms with Gasteiger partial charge in [-0.1, -0.05) is 18.2 Å². The highest BCUT2D eigenvalue weighted by Crippen LogP contribution is 2.32. The Balaban J connectivity index is 2.02. The van der Waals surface area contributed by atoms with E-state index in [9.17, 15) is 14.9 Å². The van der Waals surface area contributed by atoms with Gasteiger partial charge in [-0.3, -0.25) is 14.9 Å². The number of carbonyl (C=O) groups is 1. The summed E-state index contributed by atoms with van der Waals surface area (Å²) in [5.41, 5.74) is 2.02. The van der Waals surface area contributed by atoms with Gasteiger partial charge in [0.1, 0.15) is 5.75 Å². The molecule has 0 N–H and O–H groups in total. The number of non-ortho nitro benzene ring substituents is 1. The number of fused-ring (bicyclic) bond motifs is 1. The van der Waals surface area contributed by atoms with Crippen LogP contribution in [0.5, 0.6) is 5.75 Å². The fourth-order valence-corrected chi connectivity index (χ4v) is 2.67. The van der Waals surface area contributed by atoms with E-state index >= 15 is 0 Å². The molecule has 3 rings (SSSR count). The van der Waals surface area contributed by atoms with Crippen molar-refractivity contribution in [3.63, 3.8) is 0 Å². The number of para-hydroxylation sites is 1. The standard InChI is InChI=1S/C16H14N2O4/c1-22-15-7-6-12(18(20)21)10-13(15)16(19)17-9-8-11-4-2-3-5-14(11)17/h2-7,10H,8-9H2,1H3. The maximum Gasteiger partial charge on any atom is 0.270 e. The minimum Gasteiger partial charge on any atom is -0.496 e. The van der Waals surface area contributed by atoms with Crippen LogP contribution in [-0.2, 0) is 6.42 Å². The molecule has 0 aromatic heterocycles. The van der Waals surface area contributed by atoms with Crippen molar-refractivity contribution >= 4 is 17.3 Å². The van der Waals surface area contributed by atoms with Crippen LogP contribution in [0.3, 0.4) is 0 Å². The van der Waals surface area contributed by atoms with Gasteiger partial charge in [0.2, 0.25) is 0 Å². The molecule has 0 saturated heterocycles. The minimum absolute atomic E-state index is 0.128. The van der Waals surface area contributed by atoms with Crippen LogP contribution >= 0.6 is 0 Å². The van der Waals surface area contributed by atoms with Crippen LogP contribution < -0.4 is 9.64 Å². The van der Waals surface area contributed by atoms with Gasteiger partial charge in [-0.2, -0.15) is 0 Å². The van der Waals surface area contributed by atoms with E-state index in [1.807, 2.05) is 24.3 Å². The number of methoxy groups -OCH3 is 1. The summed E-state index contributed by atoms with van der Waals surface area (Å²) in [5.74, 6) is 0.0467. The third-order valence-electron chi connectivity index (χ3n) is 3.76. The van der Waals surface area contributed by atoms with Crippen molar-refractivity contribution in [2.75, 3.05) is 18.6 Å². The van der Waals surface area contributed by atoms with E-state index in [0.717, 1.165) is 17.7 Å². The smallest absolute Gasteiger partial charge is 0.270 e. The largest absolute Gasteiger partial charge is 0.496 e. The highest BCUT2D eigenvalue weighted by atomic mass is 16.6. The van der Waals surface area contributed by atoms with E-state index in [1.165, 1.54) is 25.3 Å². The summed E-state index contributed by atoms with van der Waals surface area (Å²) in [5, 5.41) is 10.9. The van der Waals surface area contributed by atoms with Crippen LogP contribution in [0.25, 0.3) is 0 Å². The summed E-state index contributed by atoms with van der Waals surface area (Å²) in [7, 11) is 1.44. The Morgan fingerprint density at radius 3 is 2.77 bits per heavy atom. The Labute approximate surface area is 127 Å². The molecule has 2 aromatic carbocycles. The molecule has 1 heterocycles. The lowest BCUT2D eigenvalue weighted by atomic mass is 10.1. The summed E-state index contributed by atoms with van der Waals surface area (Å²) in [4.78, 5) is 24.8. The lowest BCUT2D eigenvalue weighted by molar-refractivity contribution is -0.384. The molecule has 0 saturated carbocycles. The number of nitro groups is 1. The van der Waals surface area contributed by atoms with E-state index in [1.54, 1.807) is 4.90 Å². The quantitative estimate of drug-likeness (QED) is 0.645. The Morgan fingerprint density at radius 1 is 1.27 bits per heavy atom. The van der Waals surface area contributed by atoms with Crippen LogP contribution in [-0.4, -0.2) is 24.5 Å². The van der Waals surface area contributed by atoms with Crippen LogP contribution in [0, 0.1) is 10.1 Å². The number of amides is 1. The molecular weight excluding hydrogens is 284 g/mol. The first-order valence-corrected chi connectivity index (χ1v) is 6.84. The van der Waals surface area contributed by atoms with Gasteiger partial charge in [0.15, 0.2) is 0 Å². The highest BCUT2D eigenvalue weighted by molar-refractivity contribution is 6.09. The molecule has 6 nitrogen and oxygen atoms in total. The van der Waals surface area contributed by atoms with Gasteiger partial charge < -0.3 is 9.64 Å². The van der Waals surface area contributed by atoms with Gasteiger partial charge in [0.05, 0.1) is 17.6 Å². The van der Waals surface area contributed by atoms with Crippen molar-refractivity contribution in [3.05, 3.63) is 63.7 Å². The molecule has 1 aliphatic rings. The van der Waals surface area contributed by atoms with Crippen molar-refractivity contribution in [3.8, 4) is 5.75 Å². The summed E-state index contributed by atoms with van der Waals surface area (Å²) in [6.45, 7) is 0.560. The third-order valence-corrected chi connectivity index (χ3v) is 3.76. The molecule has 22 heavy (non-hydrogen) atoms. The molecule has 112 valence electrons. The van der Waals surface area contributed by atoms with Crippen LogP contribution in [0.1, 0.15) is 15.9 Å². The SMILES string of the molecule is COc1ccc([N+](=O)[O-])cc1C(=O)N1CCc2ccccc21. The second-order valence-electron chi connectivity index (χ2n) is 4.98. The number of hydrogen-bond donors (Lipinski definition) is 0. The average Bonchev–Trinajstić information content (AvgIpc) is 2.97. The van der Waals surface area contributed by atoms with E-state index in [0.29, 0.717) is 12.3 Å². The lowest BCUT2D eigenvalue weighted by Gasteiger charge is -2.18. The molecule has 0 fully saturated rings. The second-order valence-corrected chi connectivity index (χ2v) is 4.98. The molecule has 0 bridgehead atoms. The third kappa shape index (κ3) is 2.28. The zero-order chi connectivity index (χ0) is 15.7. The number of carbonyl (C=O) groups excluding carboxylic acids is 1. The number of ether oxygens (including phenoxy) is 1. The first-order chi connectivity index (χ1) is 10.6. The Morgan fingerprint density at radius 2 is 2.05 bits per heavy atom. The van der Waals surface area contributed by atoms with Gasteiger partial charge in [-0.15, -0.1) is 0 Å². The topological polar surface area (TPSA) is 72.7 Å². The molecule has 0 unspecified atom stereocenters. The molecule has 1 aliphatic heterocycles. The molecule has 6 heteroatoms. The van der Waals surface area contributed by atoms with Crippen molar-refractivity contribution in [2.45, 2.75) is 6.42 Å². The highest BCUT2D eigenvalue weighted by Gasteiger charge is 2.28. The Hall–Kier alpha value is -2.89. The molecule has 0 radical (unpaired) electrons. The van der Waals surface area contributed by atoms with E-state index < -0.39 is 4.92 Å². The van der Waals surface area contributed by atoms with Crippen molar-refractivity contribution in [1.82, 2.24) is 0 Å². The van der Waals surface area contributed by atoms with E-state index in [4.69, 9.17) is 4.74 Å². The summed E-state index contributed by atoms with van der Waals surface area (Å²) in [6.07, 6.45) is 0.777. The van der Waals surface area contributed by atoms with Crippen LogP contribution in [0.15, 0.2) is 42.5 Å². The Kier molecular flexibility index (Phi) is 3.50. The fourth-order valence-electron chi connectivity index (χ4n) is 2.67. The number of benzene rings is 2. The number of rotatable bonds is 3. The maximum absolute atomic E-state index is 12.8. The van der Waals surface area contributed by atoms with Gasteiger partial charge in [0, 0.05) is 24.4 Å².